The van der Waals surface area contributed by atoms with Crippen molar-refractivity contribution in [2.45, 2.75) is 49.8 Å². The van der Waals surface area contributed by atoms with Gasteiger partial charge < -0.3 is 5.32 Å². The number of hydrogen-bond acceptors (Lipinski definition) is 5. The van der Waals surface area contributed by atoms with Crippen LogP contribution >= 0.6 is 0 Å². The van der Waals surface area contributed by atoms with Crippen molar-refractivity contribution in [3.63, 3.8) is 0 Å². The molecule has 1 amide bonds. The van der Waals surface area contributed by atoms with Gasteiger partial charge in [0.1, 0.15) is 5.84 Å². The van der Waals surface area contributed by atoms with E-state index in [-0.39, 0.29) is 10.8 Å². The van der Waals surface area contributed by atoms with E-state index in [1.807, 2.05) is 0 Å². The van der Waals surface area contributed by atoms with Gasteiger partial charge in [-0.3, -0.25) is 19.4 Å². The van der Waals surface area contributed by atoms with Gasteiger partial charge in [0.15, 0.2) is 0 Å². The largest absolute Gasteiger partial charge is 0.325 e. The van der Waals surface area contributed by atoms with Crippen LogP contribution in [0.15, 0.2) is 34.2 Å². The van der Waals surface area contributed by atoms with Crippen LogP contribution in [0.1, 0.15) is 44.9 Å². The van der Waals surface area contributed by atoms with Crippen LogP contribution in [0.25, 0.3) is 0 Å². The minimum Gasteiger partial charge on any atom is -0.325 e. The Morgan fingerprint density at radius 1 is 1.14 bits per heavy atom. The number of carbonyl (C=O) groups is 1. The van der Waals surface area contributed by atoms with Gasteiger partial charge in [0, 0.05) is 25.2 Å². The smallest absolute Gasteiger partial charge is 0.262 e. The van der Waals surface area contributed by atoms with E-state index in [0.717, 1.165) is 31.3 Å². The Morgan fingerprint density at radius 2 is 1.97 bits per heavy atom. The molecule has 2 aliphatic heterocycles. The highest BCUT2D eigenvalue weighted by molar-refractivity contribution is 7.90. The van der Waals surface area contributed by atoms with Crippen molar-refractivity contribution >= 4 is 27.5 Å². The second kappa shape index (κ2) is 8.83. The Hall–Kier alpha value is -1.93. The first kappa shape index (κ1) is 20.3. The lowest BCUT2D eigenvalue weighted by Crippen LogP contribution is -2.44. The number of amides is 1. The first-order valence-corrected chi connectivity index (χ1v) is 12.2. The molecule has 0 bridgehead atoms. The number of sulfonamides is 1. The summed E-state index contributed by atoms with van der Waals surface area (Å²) in [7, 11) is -3.69. The molecular formula is C21H30N4O3S. The Morgan fingerprint density at radius 3 is 2.76 bits per heavy atom. The Kier molecular flexibility index (Phi) is 6.20. The molecule has 29 heavy (non-hydrogen) atoms. The third kappa shape index (κ3) is 5.17. The topological polar surface area (TPSA) is 90.9 Å². The number of aliphatic imine (C=N–C) groups is 1. The summed E-state index contributed by atoms with van der Waals surface area (Å²) in [6, 6.07) is 6.40. The molecule has 2 N–H and O–H groups in total. The average Bonchev–Trinajstić information content (AvgIpc) is 3.20. The summed E-state index contributed by atoms with van der Waals surface area (Å²) in [6.07, 6.45) is 7.97. The van der Waals surface area contributed by atoms with Crippen molar-refractivity contribution in [1.29, 1.82) is 0 Å². The number of piperidine rings is 1. The van der Waals surface area contributed by atoms with E-state index in [9.17, 15) is 13.2 Å². The standard InChI is InChI=1S/C21H30N4O3S/c26-21(15-25-12-10-16-5-1-2-6-17(16)14-25)23-18-7-3-8-19(13-18)29(27,28)24-20-9-4-11-22-20/h3,7-8,13,16-17H,1-2,4-6,9-12,14-15H2,(H,22,24)(H,23,26)/t16-,17+/m0/s1. The molecule has 3 aliphatic rings. The second-order valence-electron chi connectivity index (χ2n) is 8.44. The van der Waals surface area contributed by atoms with Crippen LogP contribution in [0.5, 0.6) is 0 Å². The first-order valence-electron chi connectivity index (χ1n) is 10.7. The number of nitrogens with zero attached hydrogens (tertiary/aromatic N) is 2. The number of fused-ring (bicyclic) bond motifs is 1. The zero-order valence-corrected chi connectivity index (χ0v) is 17.6. The molecule has 158 valence electrons. The summed E-state index contributed by atoms with van der Waals surface area (Å²) in [6.45, 7) is 2.98. The summed E-state index contributed by atoms with van der Waals surface area (Å²) in [5.41, 5.74) is 0.499. The highest BCUT2D eigenvalue weighted by Crippen LogP contribution is 2.35. The number of nitrogens with one attached hydrogen (secondary N) is 2. The predicted molar refractivity (Wildman–Crippen MR) is 113 cm³/mol. The Labute approximate surface area is 173 Å². The van der Waals surface area contributed by atoms with Gasteiger partial charge in [0.25, 0.3) is 10.0 Å². The average molecular weight is 419 g/mol. The maximum atomic E-state index is 12.6. The molecule has 2 fully saturated rings. The van der Waals surface area contributed by atoms with Crippen LogP contribution in [0.3, 0.4) is 0 Å². The Bertz CT molecular complexity index is 884. The van der Waals surface area contributed by atoms with E-state index in [1.165, 1.54) is 44.2 Å². The van der Waals surface area contributed by atoms with E-state index in [0.29, 0.717) is 31.0 Å². The van der Waals surface area contributed by atoms with Gasteiger partial charge >= 0.3 is 0 Å². The molecule has 0 aromatic heterocycles. The molecule has 0 spiro atoms. The number of rotatable bonds is 5. The highest BCUT2D eigenvalue weighted by Gasteiger charge is 2.31. The van der Waals surface area contributed by atoms with Crippen LogP contribution in [-0.4, -0.2) is 51.2 Å². The third-order valence-corrected chi connectivity index (χ3v) is 7.68. The number of carbonyl (C=O) groups excluding carboxylic acids is 1. The van der Waals surface area contributed by atoms with Gasteiger partial charge in [-0.2, -0.15) is 0 Å². The summed E-state index contributed by atoms with van der Waals surface area (Å²) >= 11 is 0. The zero-order valence-electron chi connectivity index (χ0n) is 16.8. The third-order valence-electron chi connectivity index (χ3n) is 6.30. The van der Waals surface area contributed by atoms with Gasteiger partial charge in [-0.25, -0.2) is 8.42 Å². The molecule has 8 heteroatoms. The van der Waals surface area contributed by atoms with Gasteiger partial charge in [0.2, 0.25) is 5.91 Å². The molecule has 2 atom stereocenters. The fourth-order valence-corrected chi connectivity index (χ4v) is 5.94. The van der Waals surface area contributed by atoms with Crippen LogP contribution in [0.4, 0.5) is 5.69 Å². The minimum absolute atomic E-state index is 0.0954. The maximum Gasteiger partial charge on any atom is 0.262 e. The molecular weight excluding hydrogens is 388 g/mol. The molecule has 1 aromatic carbocycles. The molecule has 7 nitrogen and oxygen atoms in total. The van der Waals surface area contributed by atoms with Gasteiger partial charge in [-0.1, -0.05) is 25.3 Å². The van der Waals surface area contributed by atoms with Gasteiger partial charge in [0.05, 0.1) is 11.4 Å². The van der Waals surface area contributed by atoms with Crippen LogP contribution in [0.2, 0.25) is 0 Å². The molecule has 4 rings (SSSR count). The van der Waals surface area contributed by atoms with Crippen LogP contribution in [-0.2, 0) is 14.8 Å². The molecule has 1 saturated carbocycles. The summed E-state index contributed by atoms with van der Waals surface area (Å²) < 4.78 is 27.7. The fourth-order valence-electron chi connectivity index (χ4n) is 4.80. The van der Waals surface area contributed by atoms with E-state index >= 15 is 0 Å². The quantitative estimate of drug-likeness (QED) is 0.769. The van der Waals surface area contributed by atoms with Crippen molar-refractivity contribution < 1.29 is 13.2 Å². The number of hydrogen-bond donors (Lipinski definition) is 2. The van der Waals surface area contributed by atoms with E-state index in [1.54, 1.807) is 12.1 Å². The zero-order chi connectivity index (χ0) is 20.3. The highest BCUT2D eigenvalue weighted by atomic mass is 32.2. The van der Waals surface area contributed by atoms with Crippen molar-refractivity contribution in [2.75, 3.05) is 31.5 Å². The number of anilines is 1. The van der Waals surface area contributed by atoms with E-state index in [2.05, 4.69) is 19.9 Å². The SMILES string of the molecule is O=C(CN1CC[C@@H]2CCCC[C@@H]2C1)Nc1cccc(S(=O)(=O)NC2=NCCC2)c1. The summed E-state index contributed by atoms with van der Waals surface area (Å²) in [5.74, 6) is 1.97. The number of likely N-dealkylation sites (tertiary alicyclic amines) is 1. The second-order valence-corrected chi connectivity index (χ2v) is 10.1. The monoisotopic (exact) mass is 418 g/mol. The number of amidine groups is 1. The molecule has 1 aliphatic carbocycles. The lowest BCUT2D eigenvalue weighted by atomic mass is 9.75. The lowest BCUT2D eigenvalue weighted by Gasteiger charge is -2.41. The lowest BCUT2D eigenvalue weighted by molar-refractivity contribution is -0.118. The van der Waals surface area contributed by atoms with E-state index < -0.39 is 10.0 Å². The van der Waals surface area contributed by atoms with Crippen molar-refractivity contribution in [3.8, 4) is 0 Å². The molecule has 1 aromatic rings. The van der Waals surface area contributed by atoms with Crippen LogP contribution < -0.4 is 10.0 Å². The minimum atomic E-state index is -3.69. The molecule has 0 unspecified atom stereocenters. The number of benzene rings is 1. The van der Waals surface area contributed by atoms with Crippen molar-refractivity contribution in [1.82, 2.24) is 9.62 Å². The summed E-state index contributed by atoms with van der Waals surface area (Å²) in [4.78, 5) is 19.1. The predicted octanol–water partition coefficient (Wildman–Crippen LogP) is 2.61. The molecule has 2 heterocycles. The first-order chi connectivity index (χ1) is 14.0. The normalized spacial score (nSPS) is 25.2. The van der Waals surface area contributed by atoms with Gasteiger partial charge in [-0.05, 0) is 55.8 Å². The Balaban J connectivity index is 1.34. The van der Waals surface area contributed by atoms with Gasteiger partial charge in [-0.15, -0.1) is 0 Å². The van der Waals surface area contributed by atoms with Crippen molar-refractivity contribution in [3.05, 3.63) is 24.3 Å². The van der Waals surface area contributed by atoms with E-state index in [4.69, 9.17) is 0 Å². The molecule has 0 radical (unpaired) electrons. The fraction of sp³-hybridized carbons (Fsp3) is 0.619. The maximum absolute atomic E-state index is 12.6. The van der Waals surface area contributed by atoms with Crippen molar-refractivity contribution in [2.24, 2.45) is 16.8 Å². The summed E-state index contributed by atoms with van der Waals surface area (Å²) in [5, 5.41) is 2.86. The van der Waals surface area contributed by atoms with Crippen LogP contribution in [0, 0.1) is 11.8 Å². The molecule has 1 saturated heterocycles.